The Kier molecular flexibility index (Phi) is 3.50. The summed E-state index contributed by atoms with van der Waals surface area (Å²) in [6, 6.07) is 5.89. The lowest BCUT2D eigenvalue weighted by atomic mass is 9.98. The molecule has 0 aliphatic carbocycles. The van der Waals surface area contributed by atoms with E-state index >= 15 is 0 Å². The predicted octanol–water partition coefficient (Wildman–Crippen LogP) is 2.81. The number of ether oxygens (including phenoxy) is 1. The van der Waals surface area contributed by atoms with Gasteiger partial charge in [0.15, 0.2) is 0 Å². The third-order valence-electron chi connectivity index (χ3n) is 4.06. The van der Waals surface area contributed by atoms with Crippen molar-refractivity contribution in [2.45, 2.75) is 31.9 Å². The third kappa shape index (κ3) is 2.49. The Morgan fingerprint density at radius 1 is 1.37 bits per heavy atom. The monoisotopic (exact) mass is 279 g/mol. The lowest BCUT2D eigenvalue weighted by Gasteiger charge is -2.34. The number of halogens is 1. The van der Waals surface area contributed by atoms with Crippen molar-refractivity contribution < 1.29 is 9.53 Å². The second-order valence-corrected chi connectivity index (χ2v) is 6.07. The molecule has 1 amide bonds. The number of amides is 1. The lowest BCUT2D eigenvalue weighted by Crippen LogP contribution is -2.43. The van der Waals surface area contributed by atoms with Crippen LogP contribution in [0.2, 0.25) is 0 Å². The predicted molar refractivity (Wildman–Crippen MR) is 74.3 cm³/mol. The first-order chi connectivity index (χ1) is 9.15. The maximum atomic E-state index is 12.5. The highest BCUT2D eigenvalue weighted by Gasteiger charge is 2.28. The minimum absolute atomic E-state index is 0.116. The van der Waals surface area contributed by atoms with Gasteiger partial charge in [-0.2, -0.15) is 0 Å². The normalized spacial score (nSPS) is 26.3. The Morgan fingerprint density at radius 2 is 2.16 bits per heavy atom. The number of hydrogen-bond acceptors (Lipinski definition) is 2. The van der Waals surface area contributed by atoms with Gasteiger partial charge in [0.05, 0.1) is 13.2 Å². The summed E-state index contributed by atoms with van der Waals surface area (Å²) in [4.78, 5) is 14.4. The number of fused-ring (bicyclic) bond motifs is 1. The summed E-state index contributed by atoms with van der Waals surface area (Å²) in [5, 5.41) is 0.192. The van der Waals surface area contributed by atoms with Crippen LogP contribution in [-0.4, -0.2) is 29.3 Å². The van der Waals surface area contributed by atoms with Gasteiger partial charge in [0.2, 0.25) is 0 Å². The van der Waals surface area contributed by atoms with E-state index in [2.05, 4.69) is 6.92 Å². The highest BCUT2D eigenvalue weighted by Crippen LogP contribution is 2.25. The van der Waals surface area contributed by atoms with Crippen LogP contribution < -0.4 is 0 Å². The number of carbonyl (C=O) groups excluding carboxylic acids is 1. The molecule has 0 saturated carbocycles. The molecule has 1 saturated heterocycles. The SMILES string of the molecule is CC1CN(C(=O)c2ccc3c(c2)COC3)CCC1Cl. The maximum absolute atomic E-state index is 12.5. The van der Waals surface area contributed by atoms with Gasteiger partial charge in [-0.15, -0.1) is 11.6 Å². The number of rotatable bonds is 1. The summed E-state index contributed by atoms with van der Waals surface area (Å²) in [7, 11) is 0. The molecule has 3 nitrogen and oxygen atoms in total. The van der Waals surface area contributed by atoms with Gasteiger partial charge in [-0.25, -0.2) is 0 Å². The molecule has 0 aromatic heterocycles. The van der Waals surface area contributed by atoms with E-state index in [1.54, 1.807) is 0 Å². The number of likely N-dealkylation sites (tertiary alicyclic amines) is 1. The Hall–Kier alpha value is -1.06. The Bertz CT molecular complexity index is 503. The van der Waals surface area contributed by atoms with Gasteiger partial charge >= 0.3 is 0 Å². The first-order valence-electron chi connectivity index (χ1n) is 6.78. The Labute approximate surface area is 118 Å². The van der Waals surface area contributed by atoms with E-state index < -0.39 is 0 Å². The van der Waals surface area contributed by atoms with Crippen LogP contribution in [0.4, 0.5) is 0 Å². The van der Waals surface area contributed by atoms with E-state index in [0.29, 0.717) is 19.1 Å². The maximum Gasteiger partial charge on any atom is 0.253 e. The number of hydrogen-bond donors (Lipinski definition) is 0. The number of carbonyl (C=O) groups is 1. The minimum atomic E-state index is 0.116. The molecule has 19 heavy (non-hydrogen) atoms. The topological polar surface area (TPSA) is 29.5 Å². The molecule has 0 N–H and O–H groups in total. The molecule has 3 rings (SSSR count). The van der Waals surface area contributed by atoms with Crippen molar-refractivity contribution in [1.82, 2.24) is 4.90 Å². The van der Waals surface area contributed by atoms with Gasteiger partial charge < -0.3 is 9.64 Å². The molecule has 0 spiro atoms. The van der Waals surface area contributed by atoms with Gasteiger partial charge in [-0.3, -0.25) is 4.79 Å². The molecule has 2 atom stereocenters. The highest BCUT2D eigenvalue weighted by atomic mass is 35.5. The van der Waals surface area contributed by atoms with Crippen LogP contribution in [0.5, 0.6) is 0 Å². The van der Waals surface area contributed by atoms with Gasteiger partial charge in [0.25, 0.3) is 5.91 Å². The zero-order valence-corrected chi connectivity index (χ0v) is 11.8. The second kappa shape index (κ2) is 5.14. The summed E-state index contributed by atoms with van der Waals surface area (Å²) in [6.07, 6.45) is 0.877. The average molecular weight is 280 g/mol. The molecule has 102 valence electrons. The molecular weight excluding hydrogens is 262 g/mol. The molecule has 2 aliphatic heterocycles. The van der Waals surface area contributed by atoms with E-state index in [1.165, 1.54) is 5.56 Å². The summed E-state index contributed by atoms with van der Waals surface area (Å²) in [6.45, 7) is 4.90. The van der Waals surface area contributed by atoms with Crippen LogP contribution in [0.25, 0.3) is 0 Å². The van der Waals surface area contributed by atoms with E-state index in [0.717, 1.165) is 30.6 Å². The van der Waals surface area contributed by atoms with Crippen LogP contribution in [0, 0.1) is 5.92 Å². The molecule has 2 unspecified atom stereocenters. The number of nitrogens with zero attached hydrogens (tertiary/aromatic N) is 1. The zero-order valence-electron chi connectivity index (χ0n) is 11.1. The van der Waals surface area contributed by atoms with E-state index in [4.69, 9.17) is 16.3 Å². The fourth-order valence-corrected chi connectivity index (χ4v) is 2.97. The average Bonchev–Trinajstić information content (AvgIpc) is 2.88. The molecule has 0 radical (unpaired) electrons. The fourth-order valence-electron chi connectivity index (χ4n) is 2.79. The van der Waals surface area contributed by atoms with Gasteiger partial charge in [-0.1, -0.05) is 13.0 Å². The van der Waals surface area contributed by atoms with Crippen molar-refractivity contribution in [2.24, 2.45) is 5.92 Å². The summed E-state index contributed by atoms with van der Waals surface area (Å²) >= 11 is 6.21. The molecule has 0 bridgehead atoms. The van der Waals surface area contributed by atoms with Crippen molar-refractivity contribution in [3.05, 3.63) is 34.9 Å². The smallest absolute Gasteiger partial charge is 0.253 e. The fraction of sp³-hybridized carbons (Fsp3) is 0.533. The molecule has 2 aliphatic rings. The standard InChI is InChI=1S/C15H18ClNO2/c1-10-7-17(5-4-14(10)16)15(18)11-2-3-12-8-19-9-13(12)6-11/h2-3,6,10,14H,4-5,7-9H2,1H3. The lowest BCUT2D eigenvalue weighted by molar-refractivity contribution is 0.0687. The second-order valence-electron chi connectivity index (χ2n) is 5.51. The minimum Gasteiger partial charge on any atom is -0.372 e. The van der Waals surface area contributed by atoms with Crippen LogP contribution in [-0.2, 0) is 18.0 Å². The van der Waals surface area contributed by atoms with Crippen LogP contribution in [0.3, 0.4) is 0 Å². The largest absolute Gasteiger partial charge is 0.372 e. The highest BCUT2D eigenvalue weighted by molar-refractivity contribution is 6.20. The van der Waals surface area contributed by atoms with E-state index in [9.17, 15) is 4.79 Å². The molecule has 1 aromatic carbocycles. The van der Waals surface area contributed by atoms with Crippen molar-refractivity contribution in [3.8, 4) is 0 Å². The first kappa shape index (κ1) is 12.9. The summed E-state index contributed by atoms with van der Waals surface area (Å²) in [5.74, 6) is 0.474. The van der Waals surface area contributed by atoms with Gasteiger partial charge in [0, 0.05) is 24.0 Å². The number of piperidine rings is 1. The zero-order chi connectivity index (χ0) is 13.4. The van der Waals surface area contributed by atoms with Crippen molar-refractivity contribution in [3.63, 3.8) is 0 Å². The third-order valence-corrected chi connectivity index (χ3v) is 4.70. The molecule has 1 fully saturated rings. The molecule has 4 heteroatoms. The van der Waals surface area contributed by atoms with Gasteiger partial charge in [0.1, 0.15) is 0 Å². The van der Waals surface area contributed by atoms with Gasteiger partial charge in [-0.05, 0) is 35.6 Å². The first-order valence-corrected chi connectivity index (χ1v) is 7.21. The van der Waals surface area contributed by atoms with Crippen molar-refractivity contribution in [1.29, 1.82) is 0 Å². The Balaban J connectivity index is 1.77. The van der Waals surface area contributed by atoms with Crippen LogP contribution >= 0.6 is 11.6 Å². The quantitative estimate of drug-likeness (QED) is 0.740. The summed E-state index contributed by atoms with van der Waals surface area (Å²) in [5.41, 5.74) is 3.11. The molecule has 2 heterocycles. The Morgan fingerprint density at radius 3 is 2.95 bits per heavy atom. The van der Waals surface area contributed by atoms with E-state index in [-0.39, 0.29) is 11.3 Å². The van der Waals surface area contributed by atoms with Crippen LogP contribution in [0.15, 0.2) is 18.2 Å². The number of alkyl halides is 1. The van der Waals surface area contributed by atoms with Crippen LogP contribution in [0.1, 0.15) is 34.8 Å². The van der Waals surface area contributed by atoms with E-state index in [1.807, 2.05) is 23.1 Å². The summed E-state index contributed by atoms with van der Waals surface area (Å²) < 4.78 is 5.38. The molecule has 1 aromatic rings. The number of benzene rings is 1. The van der Waals surface area contributed by atoms with Crippen molar-refractivity contribution >= 4 is 17.5 Å². The molecular formula is C15H18ClNO2. The van der Waals surface area contributed by atoms with Crippen molar-refractivity contribution in [2.75, 3.05) is 13.1 Å².